The molecule has 3 heteroatoms. The van der Waals surface area contributed by atoms with Gasteiger partial charge >= 0.3 is 0 Å². The fourth-order valence-electron chi connectivity index (χ4n) is 1.15. The van der Waals surface area contributed by atoms with Gasteiger partial charge in [-0.2, -0.15) is 0 Å². The maximum atomic E-state index is 2.46. The molecule has 64 valence electrons. The van der Waals surface area contributed by atoms with E-state index < -0.39 is 0 Å². The first-order valence-electron chi connectivity index (χ1n) is 4.02. The first-order valence-corrected chi connectivity index (χ1v) is 5.27. The smallest absolute Gasteiger partial charge is 0.154 e. The average molecular weight is 266 g/mol. The summed E-state index contributed by atoms with van der Waals surface area (Å²) in [5, 5.41) is 0. The molecule has 0 aromatic rings. The summed E-state index contributed by atoms with van der Waals surface area (Å²) >= 11 is 2.46. The lowest BCUT2D eigenvalue weighted by atomic mass is 10.4. The van der Waals surface area contributed by atoms with Gasteiger partial charge in [-0.15, -0.1) is 0 Å². The van der Waals surface area contributed by atoms with E-state index in [1.807, 2.05) is 0 Å². The molecule has 0 aromatic heterocycles. The highest BCUT2D eigenvalue weighted by Crippen LogP contribution is 2.22. The molecule has 11 heavy (non-hydrogen) atoms. The second-order valence-corrected chi connectivity index (χ2v) is 4.09. The van der Waals surface area contributed by atoms with Gasteiger partial charge in [-0.1, -0.05) is 0 Å². The molecule has 0 fully saturated rings. The molecule has 0 amide bonds. The molecule has 1 aliphatic rings. The second kappa shape index (κ2) is 3.65. The molecule has 0 saturated carbocycles. The van der Waals surface area contributed by atoms with Crippen LogP contribution in [-0.4, -0.2) is 26.6 Å². The molecule has 0 bridgehead atoms. The highest BCUT2D eigenvalue weighted by atomic mass is 127. The number of alkyl halides is 1. The third-order valence-corrected chi connectivity index (χ3v) is 3.27. The lowest BCUT2D eigenvalue weighted by Gasteiger charge is -2.30. The maximum absolute atomic E-state index is 2.46. The van der Waals surface area contributed by atoms with Crippen molar-refractivity contribution in [1.29, 1.82) is 0 Å². The van der Waals surface area contributed by atoms with Gasteiger partial charge in [0.1, 0.15) is 0 Å². The van der Waals surface area contributed by atoms with Crippen molar-refractivity contribution in [2.24, 2.45) is 0 Å². The lowest BCUT2D eigenvalue weighted by Crippen LogP contribution is -2.36. The van der Waals surface area contributed by atoms with E-state index in [9.17, 15) is 0 Å². The van der Waals surface area contributed by atoms with E-state index in [4.69, 9.17) is 0 Å². The van der Waals surface area contributed by atoms with Crippen LogP contribution in [0.25, 0.3) is 0 Å². The molecule has 0 N–H and O–H groups in total. The molecule has 1 rings (SSSR count). The minimum absolute atomic E-state index is 0.512. The predicted molar refractivity (Wildman–Crippen MR) is 56.3 cm³/mol. The Labute approximate surface area is 82.4 Å². The monoisotopic (exact) mass is 266 g/mol. The van der Waals surface area contributed by atoms with E-state index in [1.54, 1.807) is 0 Å². The second-order valence-electron chi connectivity index (χ2n) is 2.98. The van der Waals surface area contributed by atoms with Gasteiger partial charge in [0, 0.05) is 25.0 Å². The van der Waals surface area contributed by atoms with Crippen LogP contribution in [0.3, 0.4) is 0 Å². The fourth-order valence-corrected chi connectivity index (χ4v) is 2.56. The van der Waals surface area contributed by atoms with Crippen LogP contribution < -0.4 is 0 Å². The molecule has 0 radical (unpaired) electrons. The summed E-state index contributed by atoms with van der Waals surface area (Å²) in [5.41, 5.74) is 0. The van der Waals surface area contributed by atoms with Gasteiger partial charge in [0.2, 0.25) is 0 Å². The summed E-state index contributed by atoms with van der Waals surface area (Å²) in [6.45, 7) is 7.71. The lowest BCUT2D eigenvalue weighted by molar-refractivity contribution is 0.220. The summed E-state index contributed by atoms with van der Waals surface area (Å²) in [7, 11) is 0. The van der Waals surface area contributed by atoms with Crippen LogP contribution in [0.2, 0.25) is 0 Å². The van der Waals surface area contributed by atoms with Crippen LogP contribution >= 0.6 is 22.6 Å². The Morgan fingerprint density at radius 2 is 2.09 bits per heavy atom. The van der Waals surface area contributed by atoms with Gasteiger partial charge in [0.05, 0.1) is 0 Å². The number of hydrogen-bond donors (Lipinski definition) is 0. The Balaban J connectivity index is 2.56. The van der Waals surface area contributed by atoms with Gasteiger partial charge in [0.25, 0.3) is 0 Å². The van der Waals surface area contributed by atoms with E-state index in [-0.39, 0.29) is 0 Å². The van der Waals surface area contributed by atoms with Gasteiger partial charge < -0.3 is 9.80 Å². The van der Waals surface area contributed by atoms with Crippen molar-refractivity contribution >= 4 is 22.6 Å². The summed E-state index contributed by atoms with van der Waals surface area (Å²) in [5.74, 6) is 0. The molecule has 0 saturated heterocycles. The van der Waals surface area contributed by atoms with Crippen molar-refractivity contribution in [3.8, 4) is 0 Å². The van der Waals surface area contributed by atoms with E-state index >= 15 is 0 Å². The zero-order valence-electron chi connectivity index (χ0n) is 7.29. The van der Waals surface area contributed by atoms with Crippen molar-refractivity contribution in [2.75, 3.05) is 6.54 Å². The van der Waals surface area contributed by atoms with Crippen LogP contribution in [0.15, 0.2) is 12.4 Å². The molecule has 0 aliphatic carbocycles. The summed E-state index contributed by atoms with van der Waals surface area (Å²) < 4.78 is 0.512. The molecule has 2 nitrogen and oxygen atoms in total. The first-order chi connectivity index (χ1) is 5.16. The number of hydrogen-bond acceptors (Lipinski definition) is 2. The summed E-state index contributed by atoms with van der Waals surface area (Å²) in [6.07, 6.45) is 4.34. The Morgan fingerprint density at radius 1 is 1.45 bits per heavy atom. The summed E-state index contributed by atoms with van der Waals surface area (Å²) in [6, 6.07) is 0.602. The predicted octanol–water partition coefficient (Wildman–Crippen LogP) is 2.22. The standard InChI is InChI=1S/C8H15IN2/c1-4-10-5-6-11(7(2)3)8(10)9/h5-8H,4H2,1-3H3. The average Bonchev–Trinajstić information content (AvgIpc) is 2.30. The molecule has 0 spiro atoms. The topological polar surface area (TPSA) is 6.48 Å². The third kappa shape index (κ3) is 1.80. The van der Waals surface area contributed by atoms with Crippen molar-refractivity contribution in [2.45, 2.75) is 31.0 Å². The largest absolute Gasteiger partial charge is 0.348 e. The highest BCUT2D eigenvalue weighted by molar-refractivity contribution is 14.1. The van der Waals surface area contributed by atoms with Gasteiger partial charge in [-0.25, -0.2) is 0 Å². The first kappa shape index (κ1) is 9.16. The molecular formula is C8H15IN2. The molecular weight excluding hydrogens is 251 g/mol. The van der Waals surface area contributed by atoms with Gasteiger partial charge in [-0.05, 0) is 43.4 Å². The zero-order valence-corrected chi connectivity index (χ0v) is 9.45. The Morgan fingerprint density at radius 3 is 2.36 bits per heavy atom. The normalized spacial score (nSPS) is 23.9. The van der Waals surface area contributed by atoms with Crippen molar-refractivity contribution < 1.29 is 0 Å². The van der Waals surface area contributed by atoms with E-state index in [0.717, 1.165) is 6.54 Å². The molecule has 1 unspecified atom stereocenters. The number of halogens is 1. The van der Waals surface area contributed by atoms with Gasteiger partial charge in [0.15, 0.2) is 4.17 Å². The molecule has 1 heterocycles. The molecule has 1 atom stereocenters. The Hall–Kier alpha value is 0.0700. The quantitative estimate of drug-likeness (QED) is 0.429. The third-order valence-electron chi connectivity index (χ3n) is 1.91. The van der Waals surface area contributed by atoms with Crippen LogP contribution in [0.5, 0.6) is 0 Å². The van der Waals surface area contributed by atoms with E-state index in [0.29, 0.717) is 10.2 Å². The maximum Gasteiger partial charge on any atom is 0.154 e. The summed E-state index contributed by atoms with van der Waals surface area (Å²) in [4.78, 5) is 4.67. The van der Waals surface area contributed by atoms with Crippen molar-refractivity contribution in [3.05, 3.63) is 12.4 Å². The number of rotatable bonds is 2. The SMILES string of the molecule is CCN1C=CN(C(C)C)C1I. The fraction of sp³-hybridized carbons (Fsp3) is 0.750. The van der Waals surface area contributed by atoms with Gasteiger partial charge in [-0.3, -0.25) is 0 Å². The van der Waals surface area contributed by atoms with Crippen LogP contribution in [0.4, 0.5) is 0 Å². The Bertz CT molecular complexity index is 156. The van der Waals surface area contributed by atoms with Crippen LogP contribution in [0, 0.1) is 0 Å². The molecule has 0 aromatic carbocycles. The van der Waals surface area contributed by atoms with E-state index in [1.165, 1.54) is 0 Å². The van der Waals surface area contributed by atoms with Crippen molar-refractivity contribution in [3.63, 3.8) is 0 Å². The highest BCUT2D eigenvalue weighted by Gasteiger charge is 2.23. The van der Waals surface area contributed by atoms with Crippen LogP contribution in [0.1, 0.15) is 20.8 Å². The number of nitrogens with zero attached hydrogens (tertiary/aromatic N) is 2. The molecule has 1 aliphatic heterocycles. The van der Waals surface area contributed by atoms with Crippen LogP contribution in [-0.2, 0) is 0 Å². The Kier molecular flexibility index (Phi) is 3.04. The van der Waals surface area contributed by atoms with Crippen molar-refractivity contribution in [1.82, 2.24) is 9.80 Å². The zero-order chi connectivity index (χ0) is 8.43. The minimum Gasteiger partial charge on any atom is -0.348 e. The van der Waals surface area contributed by atoms with E-state index in [2.05, 4.69) is 65.6 Å². The minimum atomic E-state index is 0.512.